The third kappa shape index (κ3) is 3.14. The Morgan fingerprint density at radius 3 is 2.79 bits per heavy atom. The van der Waals surface area contributed by atoms with E-state index in [-0.39, 0.29) is 0 Å². The summed E-state index contributed by atoms with van der Waals surface area (Å²) in [6.45, 7) is 4.35. The van der Waals surface area contributed by atoms with Crippen molar-refractivity contribution in [3.8, 4) is 0 Å². The normalized spacial score (nSPS) is 16.6. The number of nitrogens with zero attached hydrogens (tertiary/aromatic N) is 2. The van der Waals surface area contributed by atoms with E-state index in [1.807, 2.05) is 6.92 Å². The predicted molar refractivity (Wildman–Crippen MR) is 74.0 cm³/mol. The Labute approximate surface area is 112 Å². The molecule has 0 unspecified atom stereocenters. The zero-order valence-electron chi connectivity index (χ0n) is 11.1. The van der Waals surface area contributed by atoms with Crippen LogP contribution >= 0.6 is 0 Å². The molecule has 0 radical (unpaired) electrons. The summed E-state index contributed by atoms with van der Waals surface area (Å²) >= 11 is 0. The fourth-order valence-corrected chi connectivity index (χ4v) is 2.38. The average molecular weight is 264 g/mol. The number of hydrogen-bond acceptors (Lipinski definition) is 5. The lowest BCUT2D eigenvalue weighted by atomic mass is 10.1. The molecule has 0 bridgehead atoms. The summed E-state index contributed by atoms with van der Waals surface area (Å²) in [6, 6.07) is 1.58. The van der Waals surface area contributed by atoms with Gasteiger partial charge in [-0.3, -0.25) is 4.79 Å². The summed E-state index contributed by atoms with van der Waals surface area (Å²) in [5.41, 5.74) is 11.9. The van der Waals surface area contributed by atoms with Gasteiger partial charge >= 0.3 is 0 Å². The maximum Gasteiger partial charge on any atom is 0.252 e. The van der Waals surface area contributed by atoms with Crippen LogP contribution in [0.4, 0.5) is 11.5 Å². The number of ether oxygens (including phenoxy) is 1. The minimum absolute atomic E-state index is 0.298. The molecular weight excluding hydrogens is 244 g/mol. The number of pyridine rings is 1. The van der Waals surface area contributed by atoms with Crippen LogP contribution in [0.3, 0.4) is 0 Å². The molecule has 0 spiro atoms. The highest BCUT2D eigenvalue weighted by Crippen LogP contribution is 2.24. The van der Waals surface area contributed by atoms with Gasteiger partial charge in [-0.05, 0) is 25.8 Å². The molecule has 1 amide bonds. The molecule has 6 heteroatoms. The van der Waals surface area contributed by atoms with Crippen molar-refractivity contribution in [3.63, 3.8) is 0 Å². The van der Waals surface area contributed by atoms with E-state index in [1.54, 1.807) is 12.3 Å². The quantitative estimate of drug-likeness (QED) is 0.837. The summed E-state index contributed by atoms with van der Waals surface area (Å²) in [5, 5.41) is 0. The molecule has 1 fully saturated rings. The van der Waals surface area contributed by atoms with E-state index < -0.39 is 5.91 Å². The number of piperidine rings is 1. The molecule has 4 N–H and O–H groups in total. The van der Waals surface area contributed by atoms with Crippen LogP contribution in [0.5, 0.6) is 0 Å². The molecule has 0 aromatic carbocycles. The lowest BCUT2D eigenvalue weighted by Crippen LogP contribution is -2.38. The number of rotatable bonds is 4. The third-order valence-corrected chi connectivity index (χ3v) is 3.30. The molecule has 1 saturated heterocycles. The Hall–Kier alpha value is -1.82. The first-order valence-electron chi connectivity index (χ1n) is 6.53. The van der Waals surface area contributed by atoms with Gasteiger partial charge in [0.25, 0.3) is 5.91 Å². The summed E-state index contributed by atoms with van der Waals surface area (Å²) in [7, 11) is 0. The number of hydrogen-bond donors (Lipinski definition) is 2. The number of carbonyl (C=O) groups is 1. The second-order valence-corrected chi connectivity index (χ2v) is 4.65. The van der Waals surface area contributed by atoms with Crippen molar-refractivity contribution in [1.82, 2.24) is 4.98 Å². The van der Waals surface area contributed by atoms with Gasteiger partial charge in [0.05, 0.1) is 23.6 Å². The van der Waals surface area contributed by atoms with Crippen LogP contribution in [0.1, 0.15) is 30.1 Å². The second kappa shape index (κ2) is 5.88. The summed E-state index contributed by atoms with van der Waals surface area (Å²) in [6.07, 6.45) is 3.71. The Kier molecular flexibility index (Phi) is 4.21. The SMILES string of the molecule is CCOC1CCN(c2ncc(N)cc2C(N)=O)CC1. The maximum atomic E-state index is 11.5. The number of primary amides is 1. The smallest absolute Gasteiger partial charge is 0.252 e. The number of nitrogens with two attached hydrogens (primary N) is 2. The Balaban J connectivity index is 2.13. The van der Waals surface area contributed by atoms with Crippen LogP contribution in [-0.2, 0) is 4.74 Å². The van der Waals surface area contributed by atoms with Gasteiger partial charge in [-0.15, -0.1) is 0 Å². The zero-order chi connectivity index (χ0) is 13.8. The van der Waals surface area contributed by atoms with E-state index in [1.165, 1.54) is 0 Å². The molecule has 2 rings (SSSR count). The molecule has 0 saturated carbocycles. The van der Waals surface area contributed by atoms with E-state index in [9.17, 15) is 4.79 Å². The molecule has 1 aliphatic heterocycles. The van der Waals surface area contributed by atoms with Gasteiger partial charge in [-0.25, -0.2) is 4.98 Å². The van der Waals surface area contributed by atoms with Gasteiger partial charge in [0, 0.05) is 19.7 Å². The average Bonchev–Trinajstić information content (AvgIpc) is 2.40. The minimum atomic E-state index is -0.498. The van der Waals surface area contributed by atoms with Crippen molar-refractivity contribution < 1.29 is 9.53 Å². The van der Waals surface area contributed by atoms with Gasteiger partial charge in [0.1, 0.15) is 5.82 Å². The Bertz CT molecular complexity index is 456. The van der Waals surface area contributed by atoms with Crippen molar-refractivity contribution in [2.75, 3.05) is 30.3 Å². The van der Waals surface area contributed by atoms with Crippen LogP contribution in [0, 0.1) is 0 Å². The van der Waals surface area contributed by atoms with E-state index >= 15 is 0 Å². The topological polar surface area (TPSA) is 94.5 Å². The summed E-state index contributed by atoms with van der Waals surface area (Å²) in [4.78, 5) is 17.8. The highest BCUT2D eigenvalue weighted by Gasteiger charge is 2.23. The highest BCUT2D eigenvalue weighted by molar-refractivity contribution is 5.98. The van der Waals surface area contributed by atoms with Crippen molar-refractivity contribution in [2.45, 2.75) is 25.9 Å². The molecular formula is C13H20N4O2. The number of amides is 1. The Morgan fingerprint density at radius 2 is 2.21 bits per heavy atom. The van der Waals surface area contributed by atoms with E-state index in [0.717, 1.165) is 32.5 Å². The molecule has 104 valence electrons. The fourth-order valence-electron chi connectivity index (χ4n) is 2.38. The van der Waals surface area contributed by atoms with Crippen LogP contribution in [-0.4, -0.2) is 36.7 Å². The predicted octanol–water partition coefficient (Wildman–Crippen LogP) is 0.768. The van der Waals surface area contributed by atoms with E-state index in [2.05, 4.69) is 9.88 Å². The van der Waals surface area contributed by atoms with Gasteiger partial charge in [0.2, 0.25) is 0 Å². The molecule has 0 atom stereocenters. The van der Waals surface area contributed by atoms with Gasteiger partial charge in [0.15, 0.2) is 0 Å². The minimum Gasteiger partial charge on any atom is -0.397 e. The van der Waals surface area contributed by atoms with Crippen molar-refractivity contribution in [3.05, 3.63) is 17.8 Å². The van der Waals surface area contributed by atoms with Crippen molar-refractivity contribution >= 4 is 17.4 Å². The maximum absolute atomic E-state index is 11.5. The van der Waals surface area contributed by atoms with Crippen molar-refractivity contribution in [1.29, 1.82) is 0 Å². The molecule has 19 heavy (non-hydrogen) atoms. The third-order valence-electron chi connectivity index (χ3n) is 3.30. The first kappa shape index (κ1) is 13.6. The van der Waals surface area contributed by atoms with E-state index in [4.69, 9.17) is 16.2 Å². The van der Waals surface area contributed by atoms with Gasteiger partial charge in [-0.2, -0.15) is 0 Å². The largest absolute Gasteiger partial charge is 0.397 e. The number of anilines is 2. The fraction of sp³-hybridized carbons (Fsp3) is 0.538. The van der Waals surface area contributed by atoms with Crippen LogP contribution in [0.25, 0.3) is 0 Å². The molecule has 2 heterocycles. The standard InChI is InChI=1S/C13H20N4O2/c1-2-19-10-3-5-17(6-4-10)13-11(12(15)18)7-9(14)8-16-13/h7-8,10H,2-6,14H2,1H3,(H2,15,18). The van der Waals surface area contributed by atoms with Crippen LogP contribution in [0.15, 0.2) is 12.3 Å². The number of nitrogen functional groups attached to an aromatic ring is 1. The molecule has 1 aromatic rings. The van der Waals surface area contributed by atoms with Crippen LogP contribution < -0.4 is 16.4 Å². The van der Waals surface area contributed by atoms with Crippen molar-refractivity contribution in [2.24, 2.45) is 5.73 Å². The van der Waals surface area contributed by atoms with Gasteiger partial charge in [-0.1, -0.05) is 0 Å². The summed E-state index contributed by atoms with van der Waals surface area (Å²) < 4.78 is 5.61. The highest BCUT2D eigenvalue weighted by atomic mass is 16.5. The lowest BCUT2D eigenvalue weighted by molar-refractivity contribution is 0.0458. The number of carbonyl (C=O) groups excluding carboxylic acids is 1. The van der Waals surface area contributed by atoms with Gasteiger partial charge < -0.3 is 21.1 Å². The van der Waals surface area contributed by atoms with E-state index in [0.29, 0.717) is 23.2 Å². The molecule has 1 aliphatic rings. The molecule has 6 nitrogen and oxygen atoms in total. The monoisotopic (exact) mass is 264 g/mol. The second-order valence-electron chi connectivity index (χ2n) is 4.65. The summed E-state index contributed by atoms with van der Waals surface area (Å²) in [5.74, 6) is 0.124. The lowest BCUT2D eigenvalue weighted by Gasteiger charge is -2.33. The first-order valence-corrected chi connectivity index (χ1v) is 6.53. The molecule has 0 aliphatic carbocycles. The number of aromatic nitrogens is 1. The van der Waals surface area contributed by atoms with Crippen LogP contribution in [0.2, 0.25) is 0 Å². The molecule has 1 aromatic heterocycles. The zero-order valence-corrected chi connectivity index (χ0v) is 11.1. The first-order chi connectivity index (χ1) is 9.11. The Morgan fingerprint density at radius 1 is 1.53 bits per heavy atom.